The minimum atomic E-state index is 0.00215. The molecule has 0 atom stereocenters. The molecule has 1 heterocycles. The van der Waals surface area contributed by atoms with Crippen LogP contribution in [-0.4, -0.2) is 16.7 Å². The van der Waals surface area contributed by atoms with Gasteiger partial charge in [0.1, 0.15) is 5.75 Å². The molecule has 0 aliphatic carbocycles. The van der Waals surface area contributed by atoms with E-state index < -0.39 is 0 Å². The Hall–Kier alpha value is -1.03. The number of methoxy groups -OCH3 is 1. The summed E-state index contributed by atoms with van der Waals surface area (Å²) in [6.45, 7) is 6.47. The number of hydrogen-bond acceptors (Lipinski definition) is 2. The van der Waals surface area contributed by atoms with Gasteiger partial charge in [0.05, 0.1) is 18.1 Å². The number of benzene rings is 1. The van der Waals surface area contributed by atoms with Crippen LogP contribution in [0.1, 0.15) is 20.8 Å². The first-order valence-electron chi connectivity index (χ1n) is 5.16. The molecule has 0 spiro atoms. The molecule has 0 aliphatic heterocycles. The van der Waals surface area contributed by atoms with E-state index in [9.17, 15) is 0 Å². The summed E-state index contributed by atoms with van der Waals surface area (Å²) in [5, 5.41) is 0. The van der Waals surface area contributed by atoms with E-state index in [2.05, 4.69) is 46.3 Å². The lowest BCUT2D eigenvalue weighted by Crippen LogP contribution is -2.21. The molecule has 1 aromatic carbocycles. The van der Waals surface area contributed by atoms with E-state index in [4.69, 9.17) is 4.74 Å². The van der Waals surface area contributed by atoms with Crippen LogP contribution in [0.3, 0.4) is 0 Å². The Labute approximate surface area is 104 Å². The summed E-state index contributed by atoms with van der Waals surface area (Å²) in [6.07, 6.45) is 0. The minimum absolute atomic E-state index is 0.00215. The van der Waals surface area contributed by atoms with Gasteiger partial charge in [-0.1, -0.05) is 0 Å². The molecular formula is C12H15BrN2O. The molecule has 0 saturated carbocycles. The minimum Gasteiger partial charge on any atom is -0.497 e. The van der Waals surface area contributed by atoms with Crippen LogP contribution in [0.4, 0.5) is 0 Å². The Kier molecular flexibility index (Phi) is 2.70. The van der Waals surface area contributed by atoms with Crippen molar-refractivity contribution in [1.29, 1.82) is 0 Å². The first kappa shape index (κ1) is 11.5. The quantitative estimate of drug-likeness (QED) is 0.800. The van der Waals surface area contributed by atoms with E-state index in [-0.39, 0.29) is 5.54 Å². The van der Waals surface area contributed by atoms with Gasteiger partial charge in [0.25, 0.3) is 0 Å². The van der Waals surface area contributed by atoms with E-state index >= 15 is 0 Å². The Balaban J connectivity index is 2.72. The molecule has 16 heavy (non-hydrogen) atoms. The fourth-order valence-electron chi connectivity index (χ4n) is 1.80. The van der Waals surface area contributed by atoms with Gasteiger partial charge in [-0.15, -0.1) is 0 Å². The molecule has 2 rings (SSSR count). The maximum Gasteiger partial charge on any atom is 0.178 e. The highest BCUT2D eigenvalue weighted by atomic mass is 79.9. The second-order valence-electron chi connectivity index (χ2n) is 4.74. The lowest BCUT2D eigenvalue weighted by Gasteiger charge is -2.22. The molecular weight excluding hydrogens is 268 g/mol. The summed E-state index contributed by atoms with van der Waals surface area (Å²) >= 11 is 3.50. The monoisotopic (exact) mass is 282 g/mol. The first-order valence-corrected chi connectivity index (χ1v) is 5.95. The summed E-state index contributed by atoms with van der Waals surface area (Å²) in [5.74, 6) is 0.832. The normalized spacial score (nSPS) is 12.1. The zero-order chi connectivity index (χ0) is 11.9. The molecule has 2 aromatic rings. The van der Waals surface area contributed by atoms with Crippen molar-refractivity contribution in [3.8, 4) is 5.75 Å². The number of ether oxygens (including phenoxy) is 1. The Morgan fingerprint density at radius 3 is 2.56 bits per heavy atom. The van der Waals surface area contributed by atoms with E-state index in [0.717, 1.165) is 21.5 Å². The molecule has 3 nitrogen and oxygen atoms in total. The molecule has 4 heteroatoms. The van der Waals surface area contributed by atoms with Crippen molar-refractivity contribution in [3.05, 3.63) is 22.9 Å². The summed E-state index contributed by atoms with van der Waals surface area (Å²) in [7, 11) is 1.66. The van der Waals surface area contributed by atoms with Crippen molar-refractivity contribution in [2.45, 2.75) is 26.3 Å². The molecule has 0 saturated heterocycles. The van der Waals surface area contributed by atoms with Crippen LogP contribution < -0.4 is 4.74 Å². The zero-order valence-electron chi connectivity index (χ0n) is 9.91. The standard InChI is InChI=1S/C12H15BrN2O/c1-12(2,3)15-10-6-5-8(16-4)7-9(10)14-11(15)13/h5-7H,1-4H3. The van der Waals surface area contributed by atoms with Crippen LogP contribution in [0.15, 0.2) is 22.9 Å². The topological polar surface area (TPSA) is 27.1 Å². The number of hydrogen-bond donors (Lipinski definition) is 0. The van der Waals surface area contributed by atoms with Crippen LogP contribution in [0.5, 0.6) is 5.75 Å². The van der Waals surface area contributed by atoms with Gasteiger partial charge in [-0.05, 0) is 48.8 Å². The van der Waals surface area contributed by atoms with Crippen LogP contribution in [0.2, 0.25) is 0 Å². The van der Waals surface area contributed by atoms with Crippen molar-refractivity contribution < 1.29 is 4.74 Å². The van der Waals surface area contributed by atoms with E-state index in [1.807, 2.05) is 18.2 Å². The second-order valence-corrected chi connectivity index (χ2v) is 5.45. The highest BCUT2D eigenvalue weighted by Gasteiger charge is 2.20. The zero-order valence-corrected chi connectivity index (χ0v) is 11.5. The van der Waals surface area contributed by atoms with Gasteiger partial charge in [0, 0.05) is 11.6 Å². The van der Waals surface area contributed by atoms with Crippen LogP contribution >= 0.6 is 15.9 Å². The molecule has 0 amide bonds. The second kappa shape index (κ2) is 3.77. The van der Waals surface area contributed by atoms with Gasteiger partial charge >= 0.3 is 0 Å². The third-order valence-electron chi connectivity index (χ3n) is 2.49. The van der Waals surface area contributed by atoms with Crippen LogP contribution in [-0.2, 0) is 5.54 Å². The molecule has 1 aromatic heterocycles. The number of halogens is 1. The van der Waals surface area contributed by atoms with Crippen molar-refractivity contribution in [1.82, 2.24) is 9.55 Å². The summed E-state index contributed by atoms with van der Waals surface area (Å²) < 4.78 is 8.21. The smallest absolute Gasteiger partial charge is 0.178 e. The molecule has 0 unspecified atom stereocenters. The van der Waals surface area contributed by atoms with Gasteiger partial charge in [-0.2, -0.15) is 0 Å². The Morgan fingerprint density at radius 2 is 2.00 bits per heavy atom. The number of rotatable bonds is 1. The van der Waals surface area contributed by atoms with Gasteiger partial charge < -0.3 is 9.30 Å². The van der Waals surface area contributed by atoms with E-state index in [0.29, 0.717) is 0 Å². The van der Waals surface area contributed by atoms with Crippen molar-refractivity contribution in [3.63, 3.8) is 0 Å². The fourth-order valence-corrected chi connectivity index (χ4v) is 2.71. The van der Waals surface area contributed by atoms with E-state index in [1.165, 1.54) is 0 Å². The predicted molar refractivity (Wildman–Crippen MR) is 69.0 cm³/mol. The highest BCUT2D eigenvalue weighted by Crippen LogP contribution is 2.29. The summed E-state index contributed by atoms with van der Waals surface area (Å²) in [4.78, 5) is 4.49. The Morgan fingerprint density at radius 1 is 1.31 bits per heavy atom. The molecule has 0 radical (unpaired) electrons. The summed E-state index contributed by atoms with van der Waals surface area (Å²) in [5.41, 5.74) is 2.06. The number of nitrogens with zero attached hydrogens (tertiary/aromatic N) is 2. The number of aromatic nitrogens is 2. The number of imidazole rings is 1. The third kappa shape index (κ3) is 1.82. The first-order chi connectivity index (χ1) is 7.43. The van der Waals surface area contributed by atoms with Crippen molar-refractivity contribution >= 4 is 27.0 Å². The lowest BCUT2D eigenvalue weighted by atomic mass is 10.1. The molecule has 0 fully saturated rings. The Bertz CT molecular complexity index is 526. The van der Waals surface area contributed by atoms with Crippen LogP contribution in [0, 0.1) is 0 Å². The van der Waals surface area contributed by atoms with Gasteiger partial charge in [-0.3, -0.25) is 0 Å². The summed E-state index contributed by atoms with van der Waals surface area (Å²) in [6, 6.07) is 5.94. The molecule has 0 aliphatic rings. The maximum absolute atomic E-state index is 5.19. The van der Waals surface area contributed by atoms with Gasteiger partial charge in [0.15, 0.2) is 4.73 Å². The highest BCUT2D eigenvalue weighted by molar-refractivity contribution is 9.10. The fraction of sp³-hybridized carbons (Fsp3) is 0.417. The SMILES string of the molecule is COc1ccc2c(c1)nc(Br)n2C(C)(C)C. The molecule has 86 valence electrons. The third-order valence-corrected chi connectivity index (χ3v) is 3.02. The predicted octanol–water partition coefficient (Wildman–Crippen LogP) is 3.56. The largest absolute Gasteiger partial charge is 0.497 e. The average Bonchev–Trinajstić information content (AvgIpc) is 2.51. The van der Waals surface area contributed by atoms with Crippen LogP contribution in [0.25, 0.3) is 11.0 Å². The maximum atomic E-state index is 5.19. The molecule has 0 N–H and O–H groups in total. The van der Waals surface area contributed by atoms with Crippen molar-refractivity contribution in [2.75, 3.05) is 7.11 Å². The van der Waals surface area contributed by atoms with Crippen molar-refractivity contribution in [2.24, 2.45) is 0 Å². The molecule has 0 bridgehead atoms. The van der Waals surface area contributed by atoms with Gasteiger partial charge in [0.2, 0.25) is 0 Å². The van der Waals surface area contributed by atoms with Gasteiger partial charge in [-0.25, -0.2) is 4.98 Å². The van der Waals surface area contributed by atoms with E-state index in [1.54, 1.807) is 7.11 Å². The average molecular weight is 283 g/mol. The lowest BCUT2D eigenvalue weighted by molar-refractivity contribution is 0.400. The number of fused-ring (bicyclic) bond motifs is 1.